The van der Waals surface area contributed by atoms with Crippen LogP contribution in [0, 0.1) is 6.92 Å². The van der Waals surface area contributed by atoms with Crippen molar-refractivity contribution in [1.82, 2.24) is 15.0 Å². The van der Waals surface area contributed by atoms with E-state index in [1.54, 1.807) is 12.4 Å². The van der Waals surface area contributed by atoms with Crippen LogP contribution in [0.4, 0.5) is 5.82 Å². The maximum Gasteiger partial charge on any atom is 0.130 e. The van der Waals surface area contributed by atoms with Crippen molar-refractivity contribution >= 4 is 5.82 Å². The zero-order chi connectivity index (χ0) is 15.2. The Morgan fingerprint density at radius 3 is 2.50 bits per heavy atom. The number of aryl methyl sites for hydroxylation is 1. The number of hydrogen-bond donors (Lipinski definition) is 1. The van der Waals surface area contributed by atoms with Gasteiger partial charge in [0.05, 0.1) is 5.69 Å². The second kappa shape index (κ2) is 6.80. The quantitative estimate of drug-likeness (QED) is 0.781. The molecule has 0 fully saturated rings. The average molecular weight is 290 g/mol. The molecule has 1 N–H and O–H groups in total. The van der Waals surface area contributed by atoms with Gasteiger partial charge >= 0.3 is 0 Å². The molecule has 2 heterocycles. The van der Waals surface area contributed by atoms with Crippen LogP contribution in [-0.4, -0.2) is 21.5 Å². The van der Waals surface area contributed by atoms with Crippen LogP contribution in [0.1, 0.15) is 11.4 Å². The van der Waals surface area contributed by atoms with Gasteiger partial charge in [0, 0.05) is 30.6 Å². The molecule has 0 saturated carbocycles. The van der Waals surface area contributed by atoms with Crippen LogP contribution >= 0.6 is 0 Å². The second-order valence-corrected chi connectivity index (χ2v) is 5.08. The van der Waals surface area contributed by atoms with E-state index < -0.39 is 0 Å². The third kappa shape index (κ3) is 3.67. The Hall–Kier alpha value is -2.75. The molecule has 0 aliphatic rings. The van der Waals surface area contributed by atoms with Crippen LogP contribution in [0.15, 0.2) is 60.9 Å². The van der Waals surface area contributed by atoms with Gasteiger partial charge in [-0.2, -0.15) is 0 Å². The predicted molar refractivity (Wildman–Crippen MR) is 88.6 cm³/mol. The molecule has 1 aromatic carbocycles. The Labute approximate surface area is 130 Å². The van der Waals surface area contributed by atoms with Gasteiger partial charge in [-0.1, -0.05) is 30.3 Å². The van der Waals surface area contributed by atoms with Crippen molar-refractivity contribution in [2.45, 2.75) is 13.3 Å². The van der Waals surface area contributed by atoms with Crippen molar-refractivity contribution in [2.75, 3.05) is 11.9 Å². The number of nitrogens with one attached hydrogen (secondary N) is 1. The highest BCUT2D eigenvalue weighted by Gasteiger charge is 2.04. The highest BCUT2D eigenvalue weighted by atomic mass is 15.0. The van der Waals surface area contributed by atoms with E-state index in [-0.39, 0.29) is 0 Å². The summed E-state index contributed by atoms with van der Waals surface area (Å²) in [5.74, 6) is 1.62. The summed E-state index contributed by atoms with van der Waals surface area (Å²) in [6, 6.07) is 16.3. The van der Waals surface area contributed by atoms with E-state index in [9.17, 15) is 0 Å². The molecule has 4 nitrogen and oxygen atoms in total. The summed E-state index contributed by atoms with van der Waals surface area (Å²) >= 11 is 0. The Bertz CT molecular complexity index is 727. The molecule has 3 aromatic rings. The Balaban J connectivity index is 1.70. The third-order valence-corrected chi connectivity index (χ3v) is 3.38. The summed E-state index contributed by atoms with van der Waals surface area (Å²) in [5, 5.41) is 3.38. The number of benzene rings is 1. The number of nitrogens with zero attached hydrogens (tertiary/aromatic N) is 3. The van der Waals surface area contributed by atoms with E-state index >= 15 is 0 Å². The molecule has 22 heavy (non-hydrogen) atoms. The summed E-state index contributed by atoms with van der Waals surface area (Å²) in [5.41, 5.74) is 3.28. The highest BCUT2D eigenvalue weighted by Crippen LogP contribution is 2.18. The molecule has 0 saturated heterocycles. The molecule has 3 rings (SSSR count). The summed E-state index contributed by atoms with van der Waals surface area (Å²) in [6.45, 7) is 2.75. The van der Waals surface area contributed by atoms with E-state index in [1.165, 1.54) is 5.56 Å². The van der Waals surface area contributed by atoms with Crippen molar-refractivity contribution in [1.29, 1.82) is 0 Å². The third-order valence-electron chi connectivity index (χ3n) is 3.38. The first-order valence-corrected chi connectivity index (χ1v) is 7.35. The van der Waals surface area contributed by atoms with Crippen molar-refractivity contribution in [3.05, 3.63) is 72.3 Å². The smallest absolute Gasteiger partial charge is 0.130 e. The van der Waals surface area contributed by atoms with Crippen molar-refractivity contribution < 1.29 is 0 Å². The first kappa shape index (κ1) is 14.2. The lowest BCUT2D eigenvalue weighted by molar-refractivity contribution is 0.983. The normalized spacial score (nSPS) is 10.4. The van der Waals surface area contributed by atoms with Crippen LogP contribution in [0.3, 0.4) is 0 Å². The molecule has 0 radical (unpaired) electrons. The zero-order valence-electron chi connectivity index (χ0n) is 12.5. The maximum absolute atomic E-state index is 4.49. The van der Waals surface area contributed by atoms with Gasteiger partial charge in [0.15, 0.2) is 0 Å². The molecule has 110 valence electrons. The monoisotopic (exact) mass is 290 g/mol. The van der Waals surface area contributed by atoms with Crippen LogP contribution in [0.2, 0.25) is 0 Å². The lowest BCUT2D eigenvalue weighted by atomic mass is 10.1. The fraction of sp³-hybridized carbons (Fsp3) is 0.167. The average Bonchev–Trinajstić information content (AvgIpc) is 2.56. The van der Waals surface area contributed by atoms with E-state index in [2.05, 4.69) is 44.5 Å². The highest BCUT2D eigenvalue weighted by molar-refractivity contribution is 5.61. The minimum Gasteiger partial charge on any atom is -0.370 e. The first-order valence-electron chi connectivity index (χ1n) is 7.35. The molecule has 0 unspecified atom stereocenters. The number of hydrogen-bond acceptors (Lipinski definition) is 4. The summed E-state index contributed by atoms with van der Waals surface area (Å²) < 4.78 is 0. The number of rotatable bonds is 5. The lowest BCUT2D eigenvalue weighted by Crippen LogP contribution is -2.07. The van der Waals surface area contributed by atoms with E-state index in [1.807, 2.05) is 31.2 Å². The minimum absolute atomic E-state index is 0.761. The predicted octanol–water partition coefficient (Wildman–Crippen LogP) is 3.50. The first-order chi connectivity index (χ1) is 10.8. The summed E-state index contributed by atoms with van der Waals surface area (Å²) in [7, 11) is 0. The van der Waals surface area contributed by atoms with Crippen molar-refractivity contribution in [3.63, 3.8) is 0 Å². The topological polar surface area (TPSA) is 50.7 Å². The standard InChI is InChI=1S/C18H18N4/c1-14-21-17(16-8-10-19-11-9-16)13-18(22-14)20-12-7-15-5-3-2-4-6-15/h2-6,8-11,13H,7,12H2,1H3,(H,20,21,22). The summed E-state index contributed by atoms with van der Waals surface area (Å²) in [4.78, 5) is 13.0. The maximum atomic E-state index is 4.49. The molecule has 0 atom stereocenters. The van der Waals surface area contributed by atoms with Gasteiger partial charge in [-0.15, -0.1) is 0 Å². The minimum atomic E-state index is 0.761. The van der Waals surface area contributed by atoms with Gasteiger partial charge in [0.2, 0.25) is 0 Å². The van der Waals surface area contributed by atoms with Crippen LogP contribution in [0.25, 0.3) is 11.3 Å². The number of anilines is 1. The Morgan fingerprint density at radius 2 is 1.73 bits per heavy atom. The fourth-order valence-corrected chi connectivity index (χ4v) is 2.31. The summed E-state index contributed by atoms with van der Waals surface area (Å²) in [6.07, 6.45) is 4.51. The fourth-order valence-electron chi connectivity index (χ4n) is 2.31. The molecule has 0 bridgehead atoms. The largest absolute Gasteiger partial charge is 0.370 e. The Morgan fingerprint density at radius 1 is 0.955 bits per heavy atom. The van der Waals surface area contributed by atoms with E-state index in [0.717, 1.165) is 35.9 Å². The van der Waals surface area contributed by atoms with Crippen molar-refractivity contribution in [3.8, 4) is 11.3 Å². The van der Waals surface area contributed by atoms with Gasteiger partial charge in [0.25, 0.3) is 0 Å². The van der Waals surface area contributed by atoms with Crippen molar-refractivity contribution in [2.24, 2.45) is 0 Å². The van der Waals surface area contributed by atoms with Gasteiger partial charge in [0.1, 0.15) is 11.6 Å². The second-order valence-electron chi connectivity index (χ2n) is 5.08. The Kier molecular flexibility index (Phi) is 4.39. The van der Waals surface area contributed by atoms with Crippen LogP contribution < -0.4 is 5.32 Å². The molecule has 0 spiro atoms. The van der Waals surface area contributed by atoms with Gasteiger partial charge in [-0.3, -0.25) is 4.98 Å². The molecule has 0 aliphatic heterocycles. The van der Waals surface area contributed by atoms with Crippen LogP contribution in [0.5, 0.6) is 0 Å². The molecule has 0 amide bonds. The van der Waals surface area contributed by atoms with E-state index in [0.29, 0.717) is 0 Å². The molecule has 4 heteroatoms. The zero-order valence-corrected chi connectivity index (χ0v) is 12.5. The molecule has 0 aliphatic carbocycles. The van der Waals surface area contributed by atoms with Gasteiger partial charge in [-0.05, 0) is 31.0 Å². The molecule has 2 aromatic heterocycles. The number of pyridine rings is 1. The van der Waals surface area contributed by atoms with Crippen LogP contribution in [-0.2, 0) is 6.42 Å². The molecular weight excluding hydrogens is 272 g/mol. The lowest BCUT2D eigenvalue weighted by Gasteiger charge is -2.09. The SMILES string of the molecule is Cc1nc(NCCc2ccccc2)cc(-c2ccncc2)n1. The van der Waals surface area contributed by atoms with Gasteiger partial charge in [-0.25, -0.2) is 9.97 Å². The molecular formula is C18H18N4. The number of aromatic nitrogens is 3. The van der Waals surface area contributed by atoms with E-state index in [4.69, 9.17) is 0 Å². The van der Waals surface area contributed by atoms with Gasteiger partial charge < -0.3 is 5.32 Å².